The van der Waals surface area contributed by atoms with Crippen molar-refractivity contribution in [3.8, 4) is 0 Å². The molecule has 0 spiro atoms. The Morgan fingerprint density at radius 1 is 1.42 bits per heavy atom. The lowest BCUT2D eigenvalue weighted by Crippen LogP contribution is -2.35. The van der Waals surface area contributed by atoms with Crippen LogP contribution in [-0.4, -0.2) is 17.7 Å². The molecule has 0 bridgehead atoms. The molecule has 1 rings (SSSR count). The molecule has 0 radical (unpaired) electrons. The zero-order valence-electron chi connectivity index (χ0n) is 10.7. The lowest BCUT2D eigenvalue weighted by Gasteiger charge is -2.14. The molecule has 0 aliphatic rings. The van der Waals surface area contributed by atoms with Crippen LogP contribution in [0, 0.1) is 0 Å². The van der Waals surface area contributed by atoms with Crippen LogP contribution >= 0.6 is 11.8 Å². The van der Waals surface area contributed by atoms with E-state index in [0.29, 0.717) is 28.8 Å². The molecule has 0 saturated carbocycles. The van der Waals surface area contributed by atoms with E-state index >= 15 is 0 Å². The average molecular weight is 288 g/mol. The van der Waals surface area contributed by atoms with Crippen molar-refractivity contribution in [3.05, 3.63) is 24.3 Å². The summed E-state index contributed by atoms with van der Waals surface area (Å²) in [6, 6.07) is 5.86. The van der Waals surface area contributed by atoms with Gasteiger partial charge in [-0.2, -0.15) is 8.78 Å². The predicted molar refractivity (Wildman–Crippen MR) is 74.4 cm³/mol. The van der Waals surface area contributed by atoms with Gasteiger partial charge < -0.3 is 11.1 Å². The number of nitrogens with two attached hydrogens (primary N) is 1. The number of para-hydroxylation sites is 1. The van der Waals surface area contributed by atoms with E-state index in [1.807, 2.05) is 6.92 Å². The second kappa shape index (κ2) is 8.12. The van der Waals surface area contributed by atoms with Crippen molar-refractivity contribution in [2.24, 2.45) is 5.73 Å². The van der Waals surface area contributed by atoms with E-state index in [2.05, 4.69) is 5.32 Å². The van der Waals surface area contributed by atoms with Crippen LogP contribution in [0.2, 0.25) is 0 Å². The molecule has 0 fully saturated rings. The van der Waals surface area contributed by atoms with Crippen molar-refractivity contribution < 1.29 is 13.6 Å². The molecule has 1 aromatic carbocycles. The van der Waals surface area contributed by atoms with Gasteiger partial charge in [-0.25, -0.2) is 0 Å². The number of halogens is 2. The van der Waals surface area contributed by atoms with Crippen molar-refractivity contribution in [2.45, 2.75) is 42.9 Å². The van der Waals surface area contributed by atoms with Gasteiger partial charge in [0, 0.05) is 4.90 Å². The first kappa shape index (κ1) is 15.9. The summed E-state index contributed by atoms with van der Waals surface area (Å²) in [5.41, 5.74) is 6.11. The zero-order chi connectivity index (χ0) is 14.3. The van der Waals surface area contributed by atoms with Crippen molar-refractivity contribution in [2.75, 3.05) is 5.32 Å². The van der Waals surface area contributed by atoms with Crippen LogP contribution in [-0.2, 0) is 4.79 Å². The maximum Gasteiger partial charge on any atom is 0.288 e. The molecule has 3 N–H and O–H groups in total. The van der Waals surface area contributed by atoms with Gasteiger partial charge in [-0.3, -0.25) is 4.79 Å². The van der Waals surface area contributed by atoms with Gasteiger partial charge in [-0.05, 0) is 18.6 Å². The number of rotatable bonds is 7. The predicted octanol–water partition coefficient (Wildman–Crippen LogP) is 3.46. The molecule has 1 aromatic rings. The van der Waals surface area contributed by atoms with Crippen molar-refractivity contribution >= 4 is 23.4 Å². The fraction of sp³-hybridized carbons (Fsp3) is 0.462. The first-order valence-electron chi connectivity index (χ1n) is 6.15. The quantitative estimate of drug-likeness (QED) is 0.755. The summed E-state index contributed by atoms with van der Waals surface area (Å²) < 4.78 is 24.8. The molecule has 1 amide bonds. The Labute approximate surface area is 115 Å². The molecule has 0 aliphatic carbocycles. The minimum absolute atomic E-state index is 0.337. The van der Waals surface area contributed by atoms with E-state index in [4.69, 9.17) is 5.73 Å². The highest BCUT2D eigenvalue weighted by Gasteiger charge is 2.16. The first-order chi connectivity index (χ1) is 9.04. The number of carbonyl (C=O) groups excluding carboxylic acids is 1. The monoisotopic (exact) mass is 288 g/mol. The smallest absolute Gasteiger partial charge is 0.288 e. The van der Waals surface area contributed by atoms with Gasteiger partial charge in [-0.15, -0.1) is 0 Å². The maximum absolute atomic E-state index is 12.4. The highest BCUT2D eigenvalue weighted by molar-refractivity contribution is 7.99. The third-order valence-corrected chi connectivity index (χ3v) is 3.35. The Morgan fingerprint density at radius 3 is 2.74 bits per heavy atom. The summed E-state index contributed by atoms with van der Waals surface area (Å²) in [4.78, 5) is 12.2. The van der Waals surface area contributed by atoms with Gasteiger partial charge in [0.25, 0.3) is 5.76 Å². The Morgan fingerprint density at radius 2 is 2.11 bits per heavy atom. The van der Waals surface area contributed by atoms with Gasteiger partial charge in [0.1, 0.15) is 0 Å². The average Bonchev–Trinajstić information content (AvgIpc) is 2.37. The molecule has 3 nitrogen and oxygen atoms in total. The van der Waals surface area contributed by atoms with Crippen LogP contribution in [0.15, 0.2) is 29.2 Å². The molecule has 106 valence electrons. The fourth-order valence-corrected chi connectivity index (χ4v) is 2.14. The number of amides is 1. The molecule has 0 heterocycles. The molecule has 19 heavy (non-hydrogen) atoms. The third kappa shape index (κ3) is 5.57. The fourth-order valence-electron chi connectivity index (χ4n) is 1.55. The third-order valence-electron chi connectivity index (χ3n) is 2.57. The van der Waals surface area contributed by atoms with Crippen LogP contribution in [0.3, 0.4) is 0 Å². The van der Waals surface area contributed by atoms with Gasteiger partial charge >= 0.3 is 0 Å². The van der Waals surface area contributed by atoms with E-state index in [-0.39, 0.29) is 5.91 Å². The number of carbonyl (C=O) groups is 1. The summed E-state index contributed by atoms with van der Waals surface area (Å²) in [7, 11) is 0. The number of alkyl halides is 2. The standard InChI is InChI=1S/C13H18F2N2OS/c1-2-3-6-9(16)12(18)17-10-7-4-5-8-11(10)19-13(14)15/h4-5,7-9,13H,2-3,6,16H2,1H3,(H,17,18). The van der Waals surface area contributed by atoms with Crippen LogP contribution < -0.4 is 11.1 Å². The normalized spacial score (nSPS) is 12.5. The van der Waals surface area contributed by atoms with Crippen molar-refractivity contribution in [3.63, 3.8) is 0 Å². The Balaban J connectivity index is 2.68. The second-order valence-electron chi connectivity index (χ2n) is 4.11. The number of anilines is 1. The summed E-state index contributed by atoms with van der Waals surface area (Å²) >= 11 is 0.408. The van der Waals surface area contributed by atoms with Gasteiger partial charge in [-0.1, -0.05) is 43.7 Å². The van der Waals surface area contributed by atoms with Gasteiger partial charge in [0.2, 0.25) is 5.91 Å². The Hall–Kier alpha value is -1.14. The van der Waals surface area contributed by atoms with Crippen molar-refractivity contribution in [1.82, 2.24) is 0 Å². The SMILES string of the molecule is CCCCC(N)C(=O)Nc1ccccc1SC(F)F. The molecule has 1 atom stereocenters. The molecule has 6 heteroatoms. The van der Waals surface area contributed by atoms with Crippen LogP contribution in [0.1, 0.15) is 26.2 Å². The number of thioether (sulfide) groups is 1. The summed E-state index contributed by atoms with van der Waals surface area (Å²) in [6.45, 7) is 2.01. The highest BCUT2D eigenvalue weighted by Crippen LogP contribution is 2.31. The van der Waals surface area contributed by atoms with Crippen LogP contribution in [0.5, 0.6) is 0 Å². The molecule has 1 unspecified atom stereocenters. The first-order valence-corrected chi connectivity index (χ1v) is 7.02. The van der Waals surface area contributed by atoms with E-state index < -0.39 is 11.8 Å². The van der Waals surface area contributed by atoms with E-state index in [9.17, 15) is 13.6 Å². The molecule has 0 saturated heterocycles. The van der Waals surface area contributed by atoms with Gasteiger partial charge in [0.15, 0.2) is 0 Å². The number of benzene rings is 1. The minimum atomic E-state index is -2.52. The van der Waals surface area contributed by atoms with E-state index in [1.165, 1.54) is 0 Å². The topological polar surface area (TPSA) is 55.1 Å². The second-order valence-corrected chi connectivity index (χ2v) is 5.14. The highest BCUT2D eigenvalue weighted by atomic mass is 32.2. The van der Waals surface area contributed by atoms with Crippen molar-refractivity contribution in [1.29, 1.82) is 0 Å². The Kier molecular flexibility index (Phi) is 6.80. The summed E-state index contributed by atoms with van der Waals surface area (Å²) in [6.07, 6.45) is 2.41. The molecular weight excluding hydrogens is 270 g/mol. The number of hydrogen-bond donors (Lipinski definition) is 2. The summed E-state index contributed by atoms with van der Waals surface area (Å²) in [5.74, 6) is -2.86. The van der Waals surface area contributed by atoms with E-state index in [1.54, 1.807) is 24.3 Å². The molecule has 0 aromatic heterocycles. The van der Waals surface area contributed by atoms with Gasteiger partial charge in [0.05, 0.1) is 11.7 Å². The van der Waals surface area contributed by atoms with Crippen LogP contribution in [0.25, 0.3) is 0 Å². The largest absolute Gasteiger partial charge is 0.324 e. The Bertz CT molecular complexity index is 415. The van der Waals surface area contributed by atoms with E-state index in [0.717, 1.165) is 12.8 Å². The van der Waals surface area contributed by atoms with Crippen LogP contribution in [0.4, 0.5) is 14.5 Å². The lowest BCUT2D eigenvalue weighted by atomic mass is 10.1. The number of unbranched alkanes of at least 4 members (excludes halogenated alkanes) is 1. The maximum atomic E-state index is 12.4. The lowest BCUT2D eigenvalue weighted by molar-refractivity contribution is -0.117. The zero-order valence-corrected chi connectivity index (χ0v) is 11.6. The summed E-state index contributed by atoms with van der Waals surface area (Å²) in [5, 5.41) is 2.61. The number of nitrogens with one attached hydrogen (secondary N) is 1. The molecular formula is C13H18F2N2OS. The number of hydrogen-bond acceptors (Lipinski definition) is 3. The molecule has 0 aliphatic heterocycles. The minimum Gasteiger partial charge on any atom is -0.324 e.